The fourth-order valence-corrected chi connectivity index (χ4v) is 7.64. The average Bonchev–Trinajstić information content (AvgIpc) is 3.75. The Hall–Kier alpha value is -6.06. The zero-order valence-electron chi connectivity index (χ0n) is 24.4. The molecule has 3 heteroatoms. The maximum atomic E-state index is 2.49. The van der Waals surface area contributed by atoms with E-state index in [1.165, 1.54) is 65.4 Å². The number of aromatic nitrogens is 3. The molecule has 10 aromatic rings. The Morgan fingerprint density at radius 1 is 0.244 bits per heavy atom. The molecule has 0 aliphatic carbocycles. The third-order valence-corrected chi connectivity index (χ3v) is 9.42. The zero-order valence-corrected chi connectivity index (χ0v) is 24.4. The van der Waals surface area contributed by atoms with Gasteiger partial charge in [0.15, 0.2) is 0 Å². The van der Waals surface area contributed by atoms with Crippen LogP contribution in [0.25, 0.3) is 82.5 Å². The second-order valence-electron chi connectivity index (χ2n) is 11.8. The normalized spacial score (nSPS) is 12.0. The van der Waals surface area contributed by atoms with Crippen LogP contribution in [0.2, 0.25) is 0 Å². The minimum absolute atomic E-state index is 1.14. The fourth-order valence-electron chi connectivity index (χ4n) is 7.64. The number of fused-ring (bicyclic) bond motifs is 9. The monoisotopic (exact) mass is 573 g/mol. The van der Waals surface area contributed by atoms with Gasteiger partial charge in [0.2, 0.25) is 0 Å². The molecule has 0 bridgehead atoms. The van der Waals surface area contributed by atoms with E-state index >= 15 is 0 Å². The Balaban J connectivity index is 1.43. The summed E-state index contributed by atoms with van der Waals surface area (Å²) < 4.78 is 7.39. The van der Waals surface area contributed by atoms with Crippen molar-refractivity contribution < 1.29 is 0 Å². The first-order chi connectivity index (χ1) is 22.4. The molecule has 3 aromatic heterocycles. The van der Waals surface area contributed by atoms with Gasteiger partial charge in [-0.1, -0.05) is 115 Å². The van der Waals surface area contributed by atoms with Crippen LogP contribution in [0.1, 0.15) is 0 Å². The van der Waals surface area contributed by atoms with Gasteiger partial charge < -0.3 is 13.7 Å². The molecule has 10 rings (SSSR count). The molecule has 0 aliphatic rings. The Bertz CT molecular complexity index is 2480. The van der Waals surface area contributed by atoms with Crippen LogP contribution in [-0.2, 0) is 0 Å². The van der Waals surface area contributed by atoms with E-state index in [0.29, 0.717) is 0 Å². The Labute approximate surface area is 259 Å². The second kappa shape index (κ2) is 9.22. The third kappa shape index (κ3) is 3.30. The lowest BCUT2D eigenvalue weighted by atomic mass is 10.1. The van der Waals surface area contributed by atoms with E-state index in [9.17, 15) is 0 Å². The highest BCUT2D eigenvalue weighted by Crippen LogP contribution is 2.42. The summed E-state index contributed by atoms with van der Waals surface area (Å²) in [6.45, 7) is 0. The quantitative estimate of drug-likeness (QED) is 0.200. The van der Waals surface area contributed by atoms with Crippen LogP contribution in [0.5, 0.6) is 0 Å². The number of hydrogen-bond donors (Lipinski definition) is 0. The van der Waals surface area contributed by atoms with Crippen molar-refractivity contribution in [1.82, 2.24) is 13.7 Å². The van der Waals surface area contributed by atoms with Crippen molar-refractivity contribution in [3.8, 4) is 17.1 Å². The summed E-state index contributed by atoms with van der Waals surface area (Å²) in [5.41, 5.74) is 10.7. The summed E-state index contributed by atoms with van der Waals surface area (Å²) in [6.07, 6.45) is 0. The standard InChI is InChI=1S/C42H27N3/c1-2-14-28(15-3-1)43-41-33(20-12-26-39(41)44-35-22-8-4-16-29(35)30-17-5-9-23-36(30)44)34-21-13-27-40(42(34)43)45-37-24-10-6-18-31(37)32-19-7-11-25-38(32)45/h1-27H. The van der Waals surface area contributed by atoms with Gasteiger partial charge in [-0.15, -0.1) is 0 Å². The average molecular weight is 574 g/mol. The van der Waals surface area contributed by atoms with Gasteiger partial charge in [-0.3, -0.25) is 0 Å². The summed E-state index contributed by atoms with van der Waals surface area (Å²) in [5.74, 6) is 0. The van der Waals surface area contributed by atoms with Crippen molar-refractivity contribution >= 4 is 65.4 Å². The van der Waals surface area contributed by atoms with E-state index in [2.05, 4.69) is 177 Å². The largest absolute Gasteiger partial charge is 0.307 e. The molecule has 0 unspecified atom stereocenters. The molecule has 3 nitrogen and oxygen atoms in total. The van der Waals surface area contributed by atoms with Gasteiger partial charge in [-0.05, 0) is 48.5 Å². The van der Waals surface area contributed by atoms with Gasteiger partial charge >= 0.3 is 0 Å². The molecule has 0 amide bonds. The minimum Gasteiger partial charge on any atom is -0.307 e. The highest BCUT2D eigenvalue weighted by molar-refractivity contribution is 6.18. The highest BCUT2D eigenvalue weighted by atomic mass is 15.1. The Morgan fingerprint density at radius 3 is 0.978 bits per heavy atom. The van der Waals surface area contributed by atoms with Gasteiger partial charge in [0.25, 0.3) is 0 Å². The molecular weight excluding hydrogens is 546 g/mol. The smallest absolute Gasteiger partial charge is 0.0783 e. The first kappa shape index (κ1) is 24.4. The van der Waals surface area contributed by atoms with E-state index < -0.39 is 0 Å². The van der Waals surface area contributed by atoms with Gasteiger partial charge in [0.05, 0.1) is 44.5 Å². The lowest BCUT2D eigenvalue weighted by Gasteiger charge is -2.16. The summed E-state index contributed by atoms with van der Waals surface area (Å²) in [4.78, 5) is 0. The molecule has 3 heterocycles. The van der Waals surface area contributed by atoms with Gasteiger partial charge in [-0.25, -0.2) is 0 Å². The molecule has 0 saturated heterocycles. The first-order valence-corrected chi connectivity index (χ1v) is 15.5. The maximum absolute atomic E-state index is 2.49. The van der Waals surface area contributed by atoms with Crippen molar-refractivity contribution in [3.05, 3.63) is 164 Å². The summed E-state index contributed by atoms with van der Waals surface area (Å²) >= 11 is 0. The summed E-state index contributed by atoms with van der Waals surface area (Å²) in [5, 5.41) is 7.51. The van der Waals surface area contributed by atoms with Crippen molar-refractivity contribution in [1.29, 1.82) is 0 Å². The molecule has 0 radical (unpaired) electrons. The minimum atomic E-state index is 1.14. The maximum Gasteiger partial charge on any atom is 0.0783 e. The third-order valence-electron chi connectivity index (χ3n) is 9.42. The van der Waals surface area contributed by atoms with E-state index in [1.54, 1.807) is 0 Å². The Kier molecular flexibility index (Phi) is 5.00. The topological polar surface area (TPSA) is 14.8 Å². The van der Waals surface area contributed by atoms with Crippen LogP contribution < -0.4 is 0 Å². The van der Waals surface area contributed by atoms with Crippen LogP contribution in [0.4, 0.5) is 0 Å². The van der Waals surface area contributed by atoms with E-state index in [1.807, 2.05) is 0 Å². The molecule has 0 saturated carbocycles. The first-order valence-electron chi connectivity index (χ1n) is 15.5. The molecule has 210 valence electrons. The molecule has 7 aromatic carbocycles. The highest BCUT2D eigenvalue weighted by Gasteiger charge is 2.23. The van der Waals surface area contributed by atoms with E-state index in [0.717, 1.165) is 17.1 Å². The predicted octanol–water partition coefficient (Wildman–Crippen LogP) is 11.0. The number of hydrogen-bond acceptors (Lipinski definition) is 0. The molecule has 45 heavy (non-hydrogen) atoms. The number of rotatable bonds is 3. The lowest BCUT2D eigenvalue weighted by molar-refractivity contribution is 1.11. The van der Waals surface area contributed by atoms with Crippen LogP contribution in [0, 0.1) is 0 Å². The molecule has 0 N–H and O–H groups in total. The Morgan fingerprint density at radius 2 is 0.578 bits per heavy atom. The van der Waals surface area contributed by atoms with Crippen LogP contribution >= 0.6 is 0 Å². The van der Waals surface area contributed by atoms with E-state index in [4.69, 9.17) is 0 Å². The molecule has 0 spiro atoms. The number of benzene rings is 7. The zero-order chi connectivity index (χ0) is 29.5. The molecule has 0 aliphatic heterocycles. The van der Waals surface area contributed by atoms with Crippen LogP contribution in [0.3, 0.4) is 0 Å². The van der Waals surface area contributed by atoms with Crippen molar-refractivity contribution in [2.45, 2.75) is 0 Å². The van der Waals surface area contributed by atoms with Crippen molar-refractivity contribution in [2.24, 2.45) is 0 Å². The van der Waals surface area contributed by atoms with Crippen molar-refractivity contribution in [3.63, 3.8) is 0 Å². The van der Waals surface area contributed by atoms with E-state index in [-0.39, 0.29) is 0 Å². The number of nitrogens with zero attached hydrogens (tertiary/aromatic N) is 3. The van der Waals surface area contributed by atoms with Crippen molar-refractivity contribution in [2.75, 3.05) is 0 Å². The predicted molar refractivity (Wildman–Crippen MR) is 189 cm³/mol. The fraction of sp³-hybridized carbons (Fsp3) is 0. The summed E-state index contributed by atoms with van der Waals surface area (Å²) in [6, 6.07) is 59.4. The molecule has 0 atom stereocenters. The molecule has 0 fully saturated rings. The number of para-hydroxylation sites is 7. The van der Waals surface area contributed by atoms with Crippen LogP contribution in [0.15, 0.2) is 164 Å². The van der Waals surface area contributed by atoms with Crippen LogP contribution in [-0.4, -0.2) is 13.7 Å². The molecular formula is C42H27N3. The van der Waals surface area contributed by atoms with Gasteiger partial charge in [0, 0.05) is 38.0 Å². The lowest BCUT2D eigenvalue weighted by Crippen LogP contribution is -2.03. The van der Waals surface area contributed by atoms with Gasteiger partial charge in [0.1, 0.15) is 0 Å². The second-order valence-corrected chi connectivity index (χ2v) is 11.8. The SMILES string of the molecule is c1ccc(-n2c3c(-n4c5ccccc5c5ccccc54)cccc3c3cccc(-n4c5ccccc5c5ccccc54)c32)cc1. The summed E-state index contributed by atoms with van der Waals surface area (Å²) in [7, 11) is 0. The van der Waals surface area contributed by atoms with Gasteiger partial charge in [-0.2, -0.15) is 0 Å².